The average Bonchev–Trinajstić information content (AvgIpc) is 3.21. The van der Waals surface area contributed by atoms with E-state index in [-0.39, 0.29) is 18.1 Å². The maximum Gasteiger partial charge on any atom is 0.453 e. The number of halogens is 3. The Morgan fingerprint density at radius 1 is 1.28 bits per heavy atom. The Hall–Kier alpha value is -2.56. The van der Waals surface area contributed by atoms with Crippen LogP contribution in [0.5, 0.6) is 0 Å². The fraction of sp³-hybridized carbons (Fsp3) is 0.500. The van der Waals surface area contributed by atoms with Crippen LogP contribution in [0.2, 0.25) is 0 Å². The zero-order chi connectivity index (χ0) is 20.9. The lowest BCUT2D eigenvalue weighted by molar-refractivity contribution is -0.144. The number of carbonyl (C=O) groups is 1. The van der Waals surface area contributed by atoms with E-state index in [0.29, 0.717) is 28.0 Å². The van der Waals surface area contributed by atoms with Crippen molar-refractivity contribution in [1.82, 2.24) is 24.6 Å². The van der Waals surface area contributed by atoms with Gasteiger partial charge in [-0.2, -0.15) is 18.2 Å². The molecule has 0 saturated heterocycles. The second-order valence-corrected chi connectivity index (χ2v) is 8.45. The Bertz CT molecular complexity index is 1100. The highest BCUT2D eigenvalue weighted by molar-refractivity contribution is 7.15. The molecule has 0 aromatic carbocycles. The Balaban J connectivity index is 1.56. The van der Waals surface area contributed by atoms with E-state index in [0.717, 1.165) is 29.5 Å². The van der Waals surface area contributed by atoms with Gasteiger partial charge >= 0.3 is 6.18 Å². The standard InChI is InChI=1S/C18H19F3N6OS/c1-8-4-5-12-13(6-8)29-17(23-12)24-14(28)7-11-9(2)22-16-25-15(18(19,20)21)26-27(16)10(11)3/h8H,4-7H2,1-3H3,(H,23,24,28). The average molecular weight is 424 g/mol. The van der Waals surface area contributed by atoms with E-state index in [2.05, 4.69) is 32.3 Å². The van der Waals surface area contributed by atoms with Crippen molar-refractivity contribution in [2.24, 2.45) is 5.92 Å². The third-order valence-electron chi connectivity index (χ3n) is 5.07. The van der Waals surface area contributed by atoms with Gasteiger partial charge in [-0.15, -0.1) is 16.4 Å². The maximum absolute atomic E-state index is 12.9. The molecule has 4 rings (SSSR count). The molecule has 29 heavy (non-hydrogen) atoms. The first-order valence-electron chi connectivity index (χ1n) is 9.20. The van der Waals surface area contributed by atoms with Gasteiger partial charge in [-0.25, -0.2) is 14.5 Å². The monoisotopic (exact) mass is 424 g/mol. The summed E-state index contributed by atoms with van der Waals surface area (Å²) in [6, 6.07) is 0. The highest BCUT2D eigenvalue weighted by atomic mass is 32.1. The van der Waals surface area contributed by atoms with Crippen LogP contribution in [-0.2, 0) is 30.2 Å². The maximum atomic E-state index is 12.9. The molecule has 0 fully saturated rings. The third-order valence-corrected chi connectivity index (χ3v) is 6.11. The summed E-state index contributed by atoms with van der Waals surface area (Å²) >= 11 is 1.48. The fourth-order valence-electron chi connectivity index (χ4n) is 3.50. The van der Waals surface area contributed by atoms with Crippen LogP contribution in [0.1, 0.15) is 46.7 Å². The second-order valence-electron chi connectivity index (χ2n) is 7.37. The minimum atomic E-state index is -4.66. The van der Waals surface area contributed by atoms with E-state index in [1.807, 2.05) is 0 Å². The van der Waals surface area contributed by atoms with Crippen LogP contribution < -0.4 is 5.32 Å². The summed E-state index contributed by atoms with van der Waals surface area (Å²) < 4.78 is 39.7. The number of aryl methyl sites for hydroxylation is 3. The van der Waals surface area contributed by atoms with Gasteiger partial charge in [-0.05, 0) is 39.0 Å². The number of carbonyl (C=O) groups excluding carboxylic acids is 1. The van der Waals surface area contributed by atoms with Crippen LogP contribution >= 0.6 is 11.3 Å². The molecule has 3 aromatic heterocycles. The van der Waals surface area contributed by atoms with Crippen molar-refractivity contribution in [2.75, 3.05) is 5.32 Å². The molecular weight excluding hydrogens is 405 g/mol. The van der Waals surface area contributed by atoms with Gasteiger partial charge in [0.15, 0.2) is 5.13 Å². The van der Waals surface area contributed by atoms with Gasteiger partial charge in [-0.1, -0.05) is 6.92 Å². The van der Waals surface area contributed by atoms with E-state index in [9.17, 15) is 18.0 Å². The number of nitrogens with zero attached hydrogens (tertiary/aromatic N) is 5. The number of amides is 1. The molecule has 7 nitrogen and oxygen atoms in total. The van der Waals surface area contributed by atoms with Gasteiger partial charge in [0.05, 0.1) is 12.1 Å². The van der Waals surface area contributed by atoms with Gasteiger partial charge in [0, 0.05) is 21.8 Å². The van der Waals surface area contributed by atoms with Crippen molar-refractivity contribution in [1.29, 1.82) is 0 Å². The van der Waals surface area contributed by atoms with Gasteiger partial charge in [-0.3, -0.25) is 4.79 Å². The first kappa shape index (κ1) is 19.7. The van der Waals surface area contributed by atoms with E-state index in [4.69, 9.17) is 0 Å². The van der Waals surface area contributed by atoms with Crippen LogP contribution in [0.25, 0.3) is 5.78 Å². The van der Waals surface area contributed by atoms with Crippen LogP contribution in [0.3, 0.4) is 0 Å². The van der Waals surface area contributed by atoms with Crippen molar-refractivity contribution < 1.29 is 18.0 Å². The number of hydrogen-bond donors (Lipinski definition) is 1. The summed E-state index contributed by atoms with van der Waals surface area (Å²) in [5.41, 5.74) is 2.40. The molecule has 0 saturated carbocycles. The predicted molar refractivity (Wildman–Crippen MR) is 101 cm³/mol. The highest BCUT2D eigenvalue weighted by Crippen LogP contribution is 2.32. The molecule has 1 aliphatic carbocycles. The van der Waals surface area contributed by atoms with Gasteiger partial charge < -0.3 is 5.32 Å². The molecule has 1 amide bonds. The molecule has 154 valence electrons. The molecule has 3 aromatic rings. The second kappa shape index (κ2) is 7.05. The van der Waals surface area contributed by atoms with Gasteiger partial charge in [0.1, 0.15) is 0 Å². The van der Waals surface area contributed by atoms with E-state index in [1.54, 1.807) is 13.8 Å². The van der Waals surface area contributed by atoms with Gasteiger partial charge in [0.25, 0.3) is 11.6 Å². The van der Waals surface area contributed by atoms with Crippen molar-refractivity contribution in [3.05, 3.63) is 33.3 Å². The van der Waals surface area contributed by atoms with Crippen LogP contribution in [0.4, 0.5) is 18.3 Å². The lowest BCUT2D eigenvalue weighted by atomic mass is 9.93. The molecule has 3 heterocycles. The fourth-order valence-corrected chi connectivity index (χ4v) is 4.69. The molecular formula is C18H19F3N6OS. The largest absolute Gasteiger partial charge is 0.453 e. The van der Waals surface area contributed by atoms with Gasteiger partial charge in [0.2, 0.25) is 5.91 Å². The summed E-state index contributed by atoms with van der Waals surface area (Å²) in [6.45, 7) is 5.44. The molecule has 1 N–H and O–H groups in total. The Kier molecular flexibility index (Phi) is 4.80. The summed E-state index contributed by atoms with van der Waals surface area (Å²) in [7, 11) is 0. The third kappa shape index (κ3) is 3.83. The van der Waals surface area contributed by atoms with E-state index < -0.39 is 12.0 Å². The lowest BCUT2D eigenvalue weighted by Crippen LogP contribution is -2.17. The molecule has 11 heteroatoms. The van der Waals surface area contributed by atoms with Crippen molar-refractivity contribution in [3.63, 3.8) is 0 Å². The Labute approximate surface area is 168 Å². The number of anilines is 1. The first-order chi connectivity index (χ1) is 13.6. The molecule has 0 radical (unpaired) electrons. The topological polar surface area (TPSA) is 85.1 Å². The normalized spacial score (nSPS) is 16.8. The number of alkyl halides is 3. The number of nitrogens with one attached hydrogen (secondary N) is 1. The molecule has 1 atom stereocenters. The van der Waals surface area contributed by atoms with Crippen molar-refractivity contribution in [2.45, 2.75) is 52.6 Å². The van der Waals surface area contributed by atoms with E-state index >= 15 is 0 Å². The van der Waals surface area contributed by atoms with E-state index in [1.165, 1.54) is 16.2 Å². The smallest absolute Gasteiger partial charge is 0.302 e. The highest BCUT2D eigenvalue weighted by Gasteiger charge is 2.37. The molecule has 0 bridgehead atoms. The zero-order valence-corrected chi connectivity index (χ0v) is 16.9. The van der Waals surface area contributed by atoms with Crippen molar-refractivity contribution in [3.8, 4) is 0 Å². The lowest BCUT2D eigenvalue weighted by Gasteiger charge is -2.15. The molecule has 1 aliphatic rings. The Morgan fingerprint density at radius 3 is 2.76 bits per heavy atom. The van der Waals surface area contributed by atoms with Crippen LogP contribution in [-0.4, -0.2) is 30.5 Å². The number of hydrogen-bond acceptors (Lipinski definition) is 6. The van der Waals surface area contributed by atoms with Crippen LogP contribution in [0, 0.1) is 19.8 Å². The number of fused-ring (bicyclic) bond motifs is 2. The summed E-state index contributed by atoms with van der Waals surface area (Å²) in [4.78, 5) is 25.8. The summed E-state index contributed by atoms with van der Waals surface area (Å²) in [6.07, 6.45) is -1.73. The number of aromatic nitrogens is 5. The summed E-state index contributed by atoms with van der Waals surface area (Å²) in [5, 5.41) is 6.87. The predicted octanol–water partition coefficient (Wildman–Crippen LogP) is 3.52. The van der Waals surface area contributed by atoms with Crippen molar-refractivity contribution >= 4 is 28.2 Å². The zero-order valence-electron chi connectivity index (χ0n) is 16.1. The minimum Gasteiger partial charge on any atom is -0.302 e. The molecule has 0 spiro atoms. The number of rotatable bonds is 3. The molecule has 0 aliphatic heterocycles. The first-order valence-corrected chi connectivity index (χ1v) is 10.0. The SMILES string of the molecule is Cc1nc2nc(C(F)(F)F)nn2c(C)c1CC(=O)Nc1nc2c(s1)CC(C)CC2. The summed E-state index contributed by atoms with van der Waals surface area (Å²) in [5.74, 6) is -1.08. The molecule has 1 unspecified atom stereocenters. The van der Waals surface area contributed by atoms with Crippen LogP contribution in [0.15, 0.2) is 0 Å². The minimum absolute atomic E-state index is 0.0392. The Morgan fingerprint density at radius 2 is 2.03 bits per heavy atom. The number of thiazole rings is 1. The quantitative estimate of drug-likeness (QED) is 0.695.